The van der Waals surface area contributed by atoms with Crippen molar-refractivity contribution >= 4 is 10.9 Å². The number of H-pyrrole nitrogens is 1. The van der Waals surface area contributed by atoms with Crippen LogP contribution in [0.2, 0.25) is 0 Å². The standard InChI is InChI=1S/C20H22N2O2/c1-13-6-4-7-14-16(12-21-18(13)14)19(22-10-2-3-11-22)15-8-5-9-17(23)20(15)24/h4-9,12,19,21,23-24H,2-3,10-11H2,1H3. The molecule has 4 nitrogen and oxygen atoms in total. The molecule has 1 fully saturated rings. The number of aromatic hydroxyl groups is 2. The second kappa shape index (κ2) is 5.87. The maximum Gasteiger partial charge on any atom is 0.162 e. The van der Waals surface area contributed by atoms with E-state index in [9.17, 15) is 10.2 Å². The number of aryl methyl sites for hydroxylation is 1. The Kier molecular flexibility index (Phi) is 3.69. The number of phenols is 2. The number of fused-ring (bicyclic) bond motifs is 1. The highest BCUT2D eigenvalue weighted by molar-refractivity contribution is 5.87. The predicted octanol–water partition coefficient (Wildman–Crippen LogP) is 4.07. The van der Waals surface area contributed by atoms with Crippen molar-refractivity contribution in [2.24, 2.45) is 0 Å². The molecule has 3 N–H and O–H groups in total. The molecule has 0 spiro atoms. The summed E-state index contributed by atoms with van der Waals surface area (Å²) in [5, 5.41) is 21.6. The van der Waals surface area contributed by atoms with Gasteiger partial charge in [-0.1, -0.05) is 30.3 Å². The molecule has 0 saturated carbocycles. The molecule has 124 valence electrons. The lowest BCUT2D eigenvalue weighted by Crippen LogP contribution is -2.26. The van der Waals surface area contributed by atoms with Gasteiger partial charge in [-0.25, -0.2) is 0 Å². The van der Waals surface area contributed by atoms with Gasteiger partial charge >= 0.3 is 0 Å². The zero-order chi connectivity index (χ0) is 16.7. The van der Waals surface area contributed by atoms with Gasteiger partial charge in [-0.15, -0.1) is 0 Å². The van der Waals surface area contributed by atoms with Crippen molar-refractivity contribution in [3.05, 3.63) is 59.3 Å². The molecule has 4 heteroatoms. The van der Waals surface area contributed by atoms with Gasteiger partial charge < -0.3 is 15.2 Å². The first-order chi connectivity index (χ1) is 11.7. The average molecular weight is 322 g/mol. The minimum Gasteiger partial charge on any atom is -0.504 e. The molecule has 0 bridgehead atoms. The van der Waals surface area contributed by atoms with Crippen LogP contribution in [0.4, 0.5) is 0 Å². The minimum absolute atomic E-state index is 0.0172. The molecule has 3 aromatic rings. The lowest BCUT2D eigenvalue weighted by Gasteiger charge is -2.28. The molecule has 4 rings (SSSR count). The van der Waals surface area contributed by atoms with Gasteiger partial charge in [0.15, 0.2) is 11.5 Å². The number of likely N-dealkylation sites (tertiary alicyclic amines) is 1. The SMILES string of the molecule is Cc1cccc2c(C(c3cccc(O)c3O)N3CCCC3)c[nH]c12. The van der Waals surface area contributed by atoms with Gasteiger partial charge in [0, 0.05) is 22.7 Å². The van der Waals surface area contributed by atoms with E-state index < -0.39 is 0 Å². The van der Waals surface area contributed by atoms with Crippen LogP contribution in [-0.2, 0) is 0 Å². The predicted molar refractivity (Wildman–Crippen MR) is 95.5 cm³/mol. The molecule has 1 unspecified atom stereocenters. The number of benzene rings is 2. The highest BCUT2D eigenvalue weighted by Gasteiger charge is 2.29. The number of para-hydroxylation sites is 2. The summed E-state index contributed by atoms with van der Waals surface area (Å²) in [6.45, 7) is 4.09. The van der Waals surface area contributed by atoms with Gasteiger partial charge in [-0.2, -0.15) is 0 Å². The van der Waals surface area contributed by atoms with E-state index in [4.69, 9.17) is 0 Å². The second-order valence-corrected chi connectivity index (χ2v) is 6.60. The molecule has 2 heterocycles. The highest BCUT2D eigenvalue weighted by Crippen LogP contribution is 2.42. The van der Waals surface area contributed by atoms with E-state index in [1.54, 1.807) is 6.07 Å². The van der Waals surface area contributed by atoms with E-state index in [1.807, 2.05) is 12.3 Å². The Morgan fingerprint density at radius 1 is 1.00 bits per heavy atom. The summed E-state index contributed by atoms with van der Waals surface area (Å²) in [7, 11) is 0. The Morgan fingerprint density at radius 2 is 1.75 bits per heavy atom. The van der Waals surface area contributed by atoms with Crippen molar-refractivity contribution in [3.63, 3.8) is 0 Å². The average Bonchev–Trinajstić information content (AvgIpc) is 3.23. The number of rotatable bonds is 3. The van der Waals surface area contributed by atoms with E-state index in [-0.39, 0.29) is 17.5 Å². The first-order valence-corrected chi connectivity index (χ1v) is 8.48. The van der Waals surface area contributed by atoms with E-state index in [2.05, 4.69) is 35.0 Å². The molecular weight excluding hydrogens is 300 g/mol. The summed E-state index contributed by atoms with van der Waals surface area (Å²) < 4.78 is 0. The first kappa shape index (κ1) is 15.1. The van der Waals surface area contributed by atoms with E-state index in [0.717, 1.165) is 42.6 Å². The van der Waals surface area contributed by atoms with Crippen LogP contribution in [0.15, 0.2) is 42.6 Å². The summed E-state index contributed by atoms with van der Waals surface area (Å²) in [4.78, 5) is 5.78. The molecule has 1 aliphatic rings. The quantitative estimate of drug-likeness (QED) is 0.637. The smallest absolute Gasteiger partial charge is 0.162 e. The van der Waals surface area contributed by atoms with Crippen molar-refractivity contribution in [2.75, 3.05) is 13.1 Å². The number of hydrogen-bond donors (Lipinski definition) is 3. The van der Waals surface area contributed by atoms with Gasteiger partial charge in [-0.3, -0.25) is 4.90 Å². The molecule has 1 atom stereocenters. The Hall–Kier alpha value is -2.46. The summed E-state index contributed by atoms with van der Waals surface area (Å²) in [6.07, 6.45) is 4.37. The van der Waals surface area contributed by atoms with Crippen LogP contribution >= 0.6 is 0 Å². The molecule has 1 aliphatic heterocycles. The second-order valence-electron chi connectivity index (χ2n) is 6.60. The van der Waals surface area contributed by atoms with Crippen LogP contribution in [-0.4, -0.2) is 33.2 Å². The molecule has 1 aromatic heterocycles. The van der Waals surface area contributed by atoms with Crippen LogP contribution in [0, 0.1) is 6.92 Å². The Labute approximate surface area is 141 Å². The molecular formula is C20H22N2O2. The first-order valence-electron chi connectivity index (χ1n) is 8.48. The maximum atomic E-state index is 10.5. The van der Waals surface area contributed by atoms with Gasteiger partial charge in [0.2, 0.25) is 0 Å². The molecule has 1 saturated heterocycles. The maximum absolute atomic E-state index is 10.5. The normalized spacial score (nSPS) is 16.7. The summed E-state index contributed by atoms with van der Waals surface area (Å²) in [6, 6.07) is 11.5. The van der Waals surface area contributed by atoms with Crippen molar-refractivity contribution in [1.29, 1.82) is 0 Å². The number of hydrogen-bond acceptors (Lipinski definition) is 3. The zero-order valence-electron chi connectivity index (χ0n) is 13.8. The summed E-state index contributed by atoms with van der Waals surface area (Å²) in [5.41, 5.74) is 4.26. The van der Waals surface area contributed by atoms with Crippen LogP contribution < -0.4 is 0 Å². The van der Waals surface area contributed by atoms with Crippen LogP contribution in [0.1, 0.15) is 35.6 Å². The molecule has 24 heavy (non-hydrogen) atoms. The van der Waals surface area contributed by atoms with Crippen LogP contribution in [0.3, 0.4) is 0 Å². The Morgan fingerprint density at radius 3 is 2.54 bits per heavy atom. The molecule has 0 amide bonds. The third-order valence-corrected chi connectivity index (χ3v) is 5.10. The van der Waals surface area contributed by atoms with E-state index in [0.29, 0.717) is 0 Å². The molecule has 0 radical (unpaired) electrons. The lowest BCUT2D eigenvalue weighted by molar-refractivity contribution is 0.274. The van der Waals surface area contributed by atoms with Crippen molar-refractivity contribution in [2.45, 2.75) is 25.8 Å². The van der Waals surface area contributed by atoms with Crippen molar-refractivity contribution in [1.82, 2.24) is 9.88 Å². The van der Waals surface area contributed by atoms with Crippen LogP contribution in [0.25, 0.3) is 10.9 Å². The number of aromatic amines is 1. The van der Waals surface area contributed by atoms with Gasteiger partial charge in [0.1, 0.15) is 0 Å². The number of phenolic OH excluding ortho intramolecular Hbond substituents is 2. The topological polar surface area (TPSA) is 59.5 Å². The number of nitrogens with one attached hydrogen (secondary N) is 1. The monoisotopic (exact) mass is 322 g/mol. The Balaban J connectivity index is 1.92. The Bertz CT molecular complexity index is 878. The fourth-order valence-corrected chi connectivity index (χ4v) is 3.88. The van der Waals surface area contributed by atoms with Gasteiger partial charge in [-0.05, 0) is 50.0 Å². The highest BCUT2D eigenvalue weighted by atomic mass is 16.3. The summed E-state index contributed by atoms with van der Waals surface area (Å²) in [5.74, 6) is -0.0795. The van der Waals surface area contributed by atoms with Crippen molar-refractivity contribution in [3.8, 4) is 11.5 Å². The molecule has 2 aromatic carbocycles. The van der Waals surface area contributed by atoms with Crippen LogP contribution in [0.5, 0.6) is 11.5 Å². The van der Waals surface area contributed by atoms with Crippen molar-refractivity contribution < 1.29 is 10.2 Å². The fraction of sp³-hybridized carbons (Fsp3) is 0.300. The summed E-state index contributed by atoms with van der Waals surface area (Å²) >= 11 is 0. The van der Waals surface area contributed by atoms with E-state index >= 15 is 0 Å². The minimum atomic E-state index is -0.0623. The van der Waals surface area contributed by atoms with E-state index in [1.165, 1.54) is 17.0 Å². The van der Waals surface area contributed by atoms with Gasteiger partial charge in [0.25, 0.3) is 0 Å². The molecule has 0 aliphatic carbocycles. The fourth-order valence-electron chi connectivity index (χ4n) is 3.88. The van der Waals surface area contributed by atoms with Gasteiger partial charge in [0.05, 0.1) is 6.04 Å². The zero-order valence-corrected chi connectivity index (χ0v) is 13.8. The third-order valence-electron chi connectivity index (χ3n) is 5.10. The number of nitrogens with zero attached hydrogens (tertiary/aromatic N) is 1. The lowest BCUT2D eigenvalue weighted by atomic mass is 9.95. The number of aromatic nitrogens is 1. The third kappa shape index (κ3) is 2.34. The largest absolute Gasteiger partial charge is 0.504 e.